The standard InChI is InChI=1S/C11H18N3S/c1-3-11-13(7-5-6-12)8-9-14(11)10-15-4-2/h8-9H,3-5,7,10H2,1-2H3/q+1. The van der Waals surface area contributed by atoms with E-state index in [-0.39, 0.29) is 0 Å². The van der Waals surface area contributed by atoms with Gasteiger partial charge in [-0.2, -0.15) is 5.26 Å². The first-order valence-corrected chi connectivity index (χ1v) is 6.51. The summed E-state index contributed by atoms with van der Waals surface area (Å²) < 4.78 is 4.45. The van der Waals surface area contributed by atoms with E-state index in [2.05, 4.69) is 41.4 Å². The lowest BCUT2D eigenvalue weighted by Gasteiger charge is -2.00. The second-order valence-electron chi connectivity index (χ2n) is 3.26. The molecule has 0 atom stereocenters. The molecule has 0 saturated carbocycles. The number of aromatic nitrogens is 2. The highest BCUT2D eigenvalue weighted by molar-refractivity contribution is 7.98. The molecule has 0 spiro atoms. The molecule has 0 aliphatic heterocycles. The van der Waals surface area contributed by atoms with Crippen LogP contribution >= 0.6 is 11.8 Å². The number of rotatable bonds is 6. The van der Waals surface area contributed by atoms with Gasteiger partial charge in [0, 0.05) is 6.42 Å². The van der Waals surface area contributed by atoms with Gasteiger partial charge in [-0.05, 0) is 5.75 Å². The molecule has 1 rings (SSSR count). The molecule has 1 aromatic heterocycles. The Morgan fingerprint density at radius 1 is 1.53 bits per heavy atom. The van der Waals surface area contributed by atoms with Crippen molar-refractivity contribution in [2.24, 2.45) is 0 Å². The highest BCUT2D eigenvalue weighted by Crippen LogP contribution is 2.03. The van der Waals surface area contributed by atoms with Crippen LogP contribution in [0.3, 0.4) is 0 Å². The Bertz CT molecular complexity index is 338. The molecule has 0 aliphatic carbocycles. The summed E-state index contributed by atoms with van der Waals surface area (Å²) in [5.74, 6) is 3.46. The van der Waals surface area contributed by atoms with Crippen LogP contribution in [0.4, 0.5) is 0 Å². The second-order valence-corrected chi connectivity index (χ2v) is 4.50. The molecule has 0 amide bonds. The summed E-state index contributed by atoms with van der Waals surface area (Å²) >= 11 is 1.91. The number of nitrogens with zero attached hydrogens (tertiary/aromatic N) is 3. The smallest absolute Gasteiger partial charge is 0.233 e. The maximum absolute atomic E-state index is 8.57. The van der Waals surface area contributed by atoms with Crippen molar-refractivity contribution in [1.29, 1.82) is 5.26 Å². The van der Waals surface area contributed by atoms with E-state index in [1.165, 1.54) is 5.82 Å². The van der Waals surface area contributed by atoms with Gasteiger partial charge in [-0.1, -0.05) is 13.8 Å². The van der Waals surface area contributed by atoms with Crippen LogP contribution in [-0.4, -0.2) is 10.3 Å². The molecular weight excluding hydrogens is 206 g/mol. The van der Waals surface area contributed by atoms with Gasteiger partial charge in [0.1, 0.15) is 24.8 Å². The lowest BCUT2D eigenvalue weighted by atomic mass is 10.4. The molecule has 0 fully saturated rings. The molecule has 15 heavy (non-hydrogen) atoms. The van der Waals surface area contributed by atoms with Gasteiger partial charge in [-0.15, -0.1) is 11.8 Å². The van der Waals surface area contributed by atoms with E-state index < -0.39 is 0 Å². The van der Waals surface area contributed by atoms with Crippen LogP contribution in [0.2, 0.25) is 0 Å². The summed E-state index contributed by atoms with van der Waals surface area (Å²) in [7, 11) is 0. The molecule has 0 N–H and O–H groups in total. The van der Waals surface area contributed by atoms with Gasteiger partial charge >= 0.3 is 0 Å². The van der Waals surface area contributed by atoms with Gasteiger partial charge in [0.05, 0.1) is 12.5 Å². The third-order valence-corrected chi connectivity index (χ3v) is 3.17. The highest BCUT2D eigenvalue weighted by Gasteiger charge is 2.13. The molecular formula is C11H18N3S+. The average Bonchev–Trinajstić information content (AvgIpc) is 2.65. The van der Waals surface area contributed by atoms with E-state index in [1.54, 1.807) is 0 Å². The Morgan fingerprint density at radius 2 is 2.33 bits per heavy atom. The number of hydrogen-bond acceptors (Lipinski definition) is 2. The molecule has 0 bridgehead atoms. The van der Waals surface area contributed by atoms with E-state index in [9.17, 15) is 0 Å². The normalized spacial score (nSPS) is 10.2. The Hall–Kier alpha value is -0.950. The summed E-state index contributed by atoms with van der Waals surface area (Å²) in [6.07, 6.45) is 5.79. The van der Waals surface area contributed by atoms with Crippen LogP contribution in [0.15, 0.2) is 12.4 Å². The molecule has 4 heteroatoms. The topological polar surface area (TPSA) is 32.6 Å². The minimum Gasteiger partial charge on any atom is -0.233 e. The summed E-state index contributed by atoms with van der Waals surface area (Å²) in [5, 5.41) is 8.57. The first-order chi connectivity index (χ1) is 7.33. The largest absolute Gasteiger partial charge is 0.256 e. The van der Waals surface area contributed by atoms with E-state index in [0.29, 0.717) is 6.42 Å². The zero-order valence-electron chi connectivity index (χ0n) is 9.44. The van der Waals surface area contributed by atoms with E-state index in [4.69, 9.17) is 5.26 Å². The van der Waals surface area contributed by atoms with Crippen LogP contribution in [-0.2, 0) is 18.8 Å². The summed E-state index contributed by atoms with van der Waals surface area (Å²) in [6.45, 7) is 5.14. The Labute approximate surface area is 95.7 Å². The van der Waals surface area contributed by atoms with E-state index >= 15 is 0 Å². The molecule has 3 nitrogen and oxygen atoms in total. The quantitative estimate of drug-likeness (QED) is 0.692. The Kier molecular flexibility index (Phi) is 5.27. The second kappa shape index (κ2) is 6.52. The Morgan fingerprint density at radius 3 is 2.93 bits per heavy atom. The van der Waals surface area contributed by atoms with Crippen LogP contribution in [0.25, 0.3) is 0 Å². The van der Waals surface area contributed by atoms with Crippen molar-refractivity contribution in [3.05, 3.63) is 18.2 Å². The maximum atomic E-state index is 8.57. The van der Waals surface area contributed by atoms with Crippen molar-refractivity contribution in [3.63, 3.8) is 0 Å². The third-order valence-electron chi connectivity index (χ3n) is 2.30. The van der Waals surface area contributed by atoms with Gasteiger partial charge in [0.15, 0.2) is 0 Å². The van der Waals surface area contributed by atoms with Crippen molar-refractivity contribution >= 4 is 11.8 Å². The van der Waals surface area contributed by atoms with Crippen molar-refractivity contribution < 1.29 is 4.57 Å². The van der Waals surface area contributed by atoms with Crippen molar-refractivity contribution in [3.8, 4) is 6.07 Å². The Balaban J connectivity index is 2.72. The number of nitriles is 1. The van der Waals surface area contributed by atoms with E-state index in [0.717, 1.165) is 24.6 Å². The zero-order valence-corrected chi connectivity index (χ0v) is 10.3. The predicted octanol–water partition coefficient (Wildman–Crippen LogP) is 1.96. The molecule has 0 aromatic carbocycles. The number of imidazole rings is 1. The predicted molar refractivity (Wildman–Crippen MR) is 62.4 cm³/mol. The fraction of sp³-hybridized carbons (Fsp3) is 0.636. The summed E-state index contributed by atoms with van der Waals surface area (Å²) in [6, 6.07) is 2.18. The van der Waals surface area contributed by atoms with Crippen LogP contribution in [0, 0.1) is 11.3 Å². The summed E-state index contributed by atoms with van der Waals surface area (Å²) in [5.41, 5.74) is 0. The van der Waals surface area contributed by atoms with E-state index in [1.807, 2.05) is 11.8 Å². The van der Waals surface area contributed by atoms with Crippen molar-refractivity contribution in [2.45, 2.75) is 39.1 Å². The minimum atomic E-state index is 0.586. The first kappa shape index (κ1) is 12.1. The van der Waals surface area contributed by atoms with Gasteiger partial charge in [0.2, 0.25) is 0 Å². The fourth-order valence-corrected chi connectivity index (χ4v) is 2.20. The maximum Gasteiger partial charge on any atom is 0.256 e. The van der Waals surface area contributed by atoms with Crippen molar-refractivity contribution in [2.75, 3.05) is 5.75 Å². The SMILES string of the molecule is CCSC[n+]1ccn(CCC#N)c1CC. The van der Waals surface area contributed by atoms with Gasteiger partial charge in [0.25, 0.3) is 5.82 Å². The lowest BCUT2D eigenvalue weighted by molar-refractivity contribution is -0.683. The average molecular weight is 224 g/mol. The monoisotopic (exact) mass is 224 g/mol. The first-order valence-electron chi connectivity index (χ1n) is 5.35. The molecule has 0 aliphatic rings. The van der Waals surface area contributed by atoms with Crippen LogP contribution in [0.1, 0.15) is 26.1 Å². The number of aryl methyl sites for hydroxylation is 1. The fourth-order valence-electron chi connectivity index (χ4n) is 1.59. The molecule has 1 heterocycles. The summed E-state index contributed by atoms with van der Waals surface area (Å²) in [4.78, 5) is 0. The minimum absolute atomic E-state index is 0.586. The van der Waals surface area contributed by atoms with Crippen LogP contribution in [0.5, 0.6) is 0 Å². The molecule has 0 unspecified atom stereocenters. The molecule has 0 radical (unpaired) electrons. The van der Waals surface area contributed by atoms with Gasteiger partial charge in [-0.3, -0.25) is 0 Å². The number of thioether (sulfide) groups is 1. The molecule has 1 aromatic rings. The lowest BCUT2D eigenvalue weighted by Crippen LogP contribution is -2.35. The van der Waals surface area contributed by atoms with Crippen LogP contribution < -0.4 is 4.57 Å². The number of hydrogen-bond donors (Lipinski definition) is 0. The third kappa shape index (κ3) is 3.28. The van der Waals surface area contributed by atoms with Crippen molar-refractivity contribution in [1.82, 2.24) is 4.57 Å². The van der Waals surface area contributed by atoms with Gasteiger partial charge in [-0.25, -0.2) is 9.13 Å². The molecule has 0 saturated heterocycles. The highest BCUT2D eigenvalue weighted by atomic mass is 32.2. The molecule has 82 valence electrons. The zero-order chi connectivity index (χ0) is 11.1. The van der Waals surface area contributed by atoms with Gasteiger partial charge < -0.3 is 0 Å².